The molecule has 2 rings (SSSR count). The van der Waals surface area contributed by atoms with Gasteiger partial charge >= 0.3 is 0 Å². The van der Waals surface area contributed by atoms with E-state index in [9.17, 15) is 0 Å². The Hall–Kier alpha value is -0.630. The molecule has 4 nitrogen and oxygen atoms in total. The average Bonchev–Trinajstić information content (AvgIpc) is 2.43. The number of hydrogen-bond donors (Lipinski definition) is 0. The van der Waals surface area contributed by atoms with Crippen molar-refractivity contribution in [2.45, 2.75) is 6.29 Å². The van der Waals surface area contributed by atoms with E-state index in [0.29, 0.717) is 10.8 Å². The van der Waals surface area contributed by atoms with E-state index < -0.39 is 6.29 Å². The molecule has 0 unspecified atom stereocenters. The van der Waals surface area contributed by atoms with Crippen LogP contribution in [-0.4, -0.2) is 32.1 Å². The van der Waals surface area contributed by atoms with Gasteiger partial charge in [0.1, 0.15) is 12.1 Å². The number of rotatable bonds is 5. The van der Waals surface area contributed by atoms with Crippen LogP contribution < -0.4 is 4.74 Å². The predicted molar refractivity (Wildman–Crippen MR) is 82.8 cm³/mol. The fourth-order valence-electron chi connectivity index (χ4n) is 1.67. The van der Waals surface area contributed by atoms with Crippen molar-refractivity contribution in [3.63, 3.8) is 0 Å². The molecule has 0 aliphatic carbocycles. The predicted octanol–water partition coefficient (Wildman–Crippen LogP) is 3.49. The molecule has 0 aliphatic rings. The lowest BCUT2D eigenvalue weighted by atomic mass is 10.2. The summed E-state index contributed by atoms with van der Waals surface area (Å²) in [6.45, 7) is 0.288. The number of methoxy groups -OCH3 is 2. The number of fused-ring (bicyclic) bond motifs is 1. The smallest absolute Gasteiger partial charge is 0.191 e. The van der Waals surface area contributed by atoms with Crippen LogP contribution >= 0.6 is 34.2 Å². The molecule has 1 heterocycles. The first-order valence-electron chi connectivity index (χ1n) is 5.58. The number of pyridine rings is 1. The average molecular weight is 394 g/mol. The van der Waals surface area contributed by atoms with Gasteiger partial charge in [-0.05, 0) is 40.8 Å². The highest BCUT2D eigenvalue weighted by Crippen LogP contribution is 2.34. The third kappa shape index (κ3) is 3.28. The fourth-order valence-corrected chi connectivity index (χ4v) is 2.84. The summed E-state index contributed by atoms with van der Waals surface area (Å²) in [5, 5.41) is 1.53. The van der Waals surface area contributed by atoms with Gasteiger partial charge in [-0.3, -0.25) is 4.98 Å². The Kier molecular flexibility index (Phi) is 5.20. The van der Waals surface area contributed by atoms with Gasteiger partial charge in [0, 0.05) is 25.8 Å². The largest absolute Gasteiger partial charge is 0.485 e. The molecule has 1 aromatic heterocycles. The van der Waals surface area contributed by atoms with Crippen LogP contribution in [0.5, 0.6) is 5.75 Å². The van der Waals surface area contributed by atoms with Crippen LogP contribution in [0.15, 0.2) is 24.4 Å². The lowest BCUT2D eigenvalue weighted by Gasteiger charge is -2.16. The quantitative estimate of drug-likeness (QED) is 0.576. The van der Waals surface area contributed by atoms with Crippen LogP contribution in [0, 0.1) is 3.57 Å². The topological polar surface area (TPSA) is 40.6 Å². The molecule has 0 radical (unpaired) electrons. The van der Waals surface area contributed by atoms with Crippen LogP contribution in [0.4, 0.5) is 0 Å². The van der Waals surface area contributed by atoms with Crippen LogP contribution in [0.2, 0.25) is 5.02 Å². The normalized spacial score (nSPS) is 11.2. The molecular weight excluding hydrogens is 381 g/mol. The number of hydrogen-bond acceptors (Lipinski definition) is 4. The number of aromatic nitrogens is 1. The Morgan fingerprint density at radius 1 is 1.37 bits per heavy atom. The standard InChI is InChI=1S/C13H13ClINO3/c1-17-11(18-2)7-19-13-10(15)6-9(14)8-4-3-5-16-12(8)13/h3-6,11H,7H2,1-2H3. The van der Waals surface area contributed by atoms with E-state index in [1.54, 1.807) is 20.4 Å². The summed E-state index contributed by atoms with van der Waals surface area (Å²) in [5.74, 6) is 0.694. The Balaban J connectivity index is 2.37. The van der Waals surface area contributed by atoms with Crippen LogP contribution in [0.25, 0.3) is 10.9 Å². The summed E-state index contributed by atoms with van der Waals surface area (Å²) in [4.78, 5) is 4.34. The Bertz CT molecular complexity index is 575. The molecule has 0 fully saturated rings. The second kappa shape index (κ2) is 6.69. The highest BCUT2D eigenvalue weighted by molar-refractivity contribution is 14.1. The minimum Gasteiger partial charge on any atom is -0.485 e. The first kappa shape index (κ1) is 14.8. The van der Waals surface area contributed by atoms with E-state index in [1.807, 2.05) is 18.2 Å². The maximum Gasteiger partial charge on any atom is 0.191 e. The molecule has 102 valence electrons. The molecule has 6 heteroatoms. The molecule has 0 bridgehead atoms. The van der Waals surface area contributed by atoms with Crippen LogP contribution in [0.1, 0.15) is 0 Å². The molecule has 19 heavy (non-hydrogen) atoms. The summed E-state index contributed by atoms with van der Waals surface area (Å²) in [7, 11) is 3.14. The Labute approximate surface area is 130 Å². The van der Waals surface area contributed by atoms with Crippen molar-refractivity contribution in [2.75, 3.05) is 20.8 Å². The van der Waals surface area contributed by atoms with E-state index in [1.165, 1.54) is 0 Å². The van der Waals surface area contributed by atoms with Gasteiger partial charge in [-0.15, -0.1) is 0 Å². The number of benzene rings is 1. The maximum atomic E-state index is 6.20. The zero-order valence-corrected chi connectivity index (χ0v) is 13.4. The van der Waals surface area contributed by atoms with Gasteiger partial charge in [-0.25, -0.2) is 0 Å². The molecule has 0 atom stereocenters. The number of ether oxygens (including phenoxy) is 3. The molecule has 0 saturated heterocycles. The monoisotopic (exact) mass is 393 g/mol. The molecule has 2 aromatic rings. The third-order valence-electron chi connectivity index (χ3n) is 2.64. The molecule has 0 N–H and O–H groups in total. The highest BCUT2D eigenvalue weighted by atomic mass is 127. The van der Waals surface area contributed by atoms with Crippen molar-refractivity contribution in [1.82, 2.24) is 4.98 Å². The van der Waals surface area contributed by atoms with Gasteiger partial charge in [0.05, 0.1) is 8.59 Å². The van der Waals surface area contributed by atoms with Crippen molar-refractivity contribution < 1.29 is 14.2 Å². The minimum absolute atomic E-state index is 0.288. The minimum atomic E-state index is -0.412. The zero-order valence-electron chi connectivity index (χ0n) is 10.5. The highest BCUT2D eigenvalue weighted by Gasteiger charge is 2.14. The van der Waals surface area contributed by atoms with Crippen molar-refractivity contribution in [2.24, 2.45) is 0 Å². The summed E-state index contributed by atoms with van der Waals surface area (Å²) < 4.78 is 16.9. The Morgan fingerprint density at radius 2 is 2.11 bits per heavy atom. The van der Waals surface area contributed by atoms with Crippen LogP contribution in [-0.2, 0) is 9.47 Å². The summed E-state index contributed by atoms with van der Waals surface area (Å²) in [6, 6.07) is 5.62. The van der Waals surface area contributed by atoms with E-state index in [2.05, 4.69) is 27.6 Å². The molecule has 0 saturated carbocycles. The fraction of sp³-hybridized carbons (Fsp3) is 0.308. The van der Waals surface area contributed by atoms with E-state index in [-0.39, 0.29) is 6.61 Å². The van der Waals surface area contributed by atoms with E-state index in [0.717, 1.165) is 14.5 Å². The molecule has 1 aromatic carbocycles. The molecule has 0 amide bonds. The van der Waals surface area contributed by atoms with Crippen molar-refractivity contribution in [1.29, 1.82) is 0 Å². The summed E-state index contributed by atoms with van der Waals surface area (Å²) in [6.07, 6.45) is 1.30. The number of halogens is 2. The first-order valence-corrected chi connectivity index (χ1v) is 7.04. The van der Waals surface area contributed by atoms with Crippen molar-refractivity contribution >= 4 is 45.1 Å². The lowest BCUT2D eigenvalue weighted by molar-refractivity contribution is -0.121. The van der Waals surface area contributed by atoms with Crippen molar-refractivity contribution in [3.05, 3.63) is 33.0 Å². The molecule has 0 aliphatic heterocycles. The zero-order chi connectivity index (χ0) is 13.8. The second-order valence-electron chi connectivity index (χ2n) is 3.78. The van der Waals surface area contributed by atoms with Crippen molar-refractivity contribution in [3.8, 4) is 5.75 Å². The first-order chi connectivity index (χ1) is 9.17. The number of nitrogens with zero attached hydrogens (tertiary/aromatic N) is 1. The Morgan fingerprint density at radius 3 is 2.79 bits per heavy atom. The third-order valence-corrected chi connectivity index (χ3v) is 3.75. The molecule has 0 spiro atoms. The lowest BCUT2D eigenvalue weighted by Crippen LogP contribution is -2.22. The second-order valence-corrected chi connectivity index (χ2v) is 5.35. The van der Waals surface area contributed by atoms with Gasteiger partial charge in [0.25, 0.3) is 0 Å². The molecular formula is C13H13ClINO3. The maximum absolute atomic E-state index is 6.20. The summed E-state index contributed by atoms with van der Waals surface area (Å²) >= 11 is 8.38. The van der Waals surface area contributed by atoms with Gasteiger partial charge in [-0.2, -0.15) is 0 Å². The van der Waals surface area contributed by atoms with E-state index >= 15 is 0 Å². The van der Waals surface area contributed by atoms with Gasteiger partial charge in [0.15, 0.2) is 12.0 Å². The SMILES string of the molecule is COC(COc1c(I)cc(Cl)c2cccnc12)OC. The van der Waals surface area contributed by atoms with Gasteiger partial charge in [-0.1, -0.05) is 11.6 Å². The van der Waals surface area contributed by atoms with Gasteiger partial charge < -0.3 is 14.2 Å². The summed E-state index contributed by atoms with van der Waals surface area (Å²) in [5.41, 5.74) is 0.741. The van der Waals surface area contributed by atoms with Crippen LogP contribution in [0.3, 0.4) is 0 Å². The van der Waals surface area contributed by atoms with Gasteiger partial charge in [0.2, 0.25) is 0 Å². The van der Waals surface area contributed by atoms with E-state index in [4.69, 9.17) is 25.8 Å².